The number of benzene rings is 1. The molecule has 5 rings (SSSR count). The minimum atomic E-state index is -0.942. The maximum atomic E-state index is 11.6. The SMILES string of the molecule is CCCN(C(=O)O)c1ccc2c(ccn2-c2ccc(OC3CCN(c4ncc(CC)cn4)CC3)cn2)c1. The lowest BCUT2D eigenvalue weighted by molar-refractivity contribution is 0.170. The van der Waals surface area contributed by atoms with Crippen LogP contribution in [0.15, 0.2) is 61.2 Å². The van der Waals surface area contributed by atoms with Crippen molar-refractivity contribution in [1.82, 2.24) is 19.5 Å². The molecule has 37 heavy (non-hydrogen) atoms. The van der Waals surface area contributed by atoms with E-state index < -0.39 is 6.09 Å². The van der Waals surface area contributed by atoms with Crippen LogP contribution in [0.2, 0.25) is 0 Å². The fourth-order valence-corrected chi connectivity index (χ4v) is 4.70. The highest BCUT2D eigenvalue weighted by Crippen LogP contribution is 2.27. The first-order valence-electron chi connectivity index (χ1n) is 12.9. The van der Waals surface area contributed by atoms with Gasteiger partial charge >= 0.3 is 6.09 Å². The summed E-state index contributed by atoms with van der Waals surface area (Å²) in [5.41, 5.74) is 2.78. The predicted octanol–water partition coefficient (Wildman–Crippen LogP) is 5.32. The second kappa shape index (κ2) is 10.9. The summed E-state index contributed by atoms with van der Waals surface area (Å²) in [6, 6.07) is 11.6. The van der Waals surface area contributed by atoms with Gasteiger partial charge in [0.25, 0.3) is 0 Å². The molecule has 1 aliphatic heterocycles. The summed E-state index contributed by atoms with van der Waals surface area (Å²) in [5.74, 6) is 2.32. The highest BCUT2D eigenvalue weighted by atomic mass is 16.5. The first-order chi connectivity index (χ1) is 18.1. The molecule has 1 amide bonds. The number of hydrogen-bond donors (Lipinski definition) is 1. The number of pyridine rings is 1. The van der Waals surface area contributed by atoms with Gasteiger partial charge in [0.05, 0.1) is 11.7 Å². The largest absolute Gasteiger partial charge is 0.489 e. The molecule has 9 heteroatoms. The number of anilines is 2. The van der Waals surface area contributed by atoms with Crippen LogP contribution in [0.25, 0.3) is 16.7 Å². The third kappa shape index (κ3) is 5.35. The highest BCUT2D eigenvalue weighted by Gasteiger charge is 2.22. The van der Waals surface area contributed by atoms with Gasteiger partial charge in [-0.15, -0.1) is 0 Å². The Morgan fingerprint density at radius 1 is 1.05 bits per heavy atom. The summed E-state index contributed by atoms with van der Waals surface area (Å²) in [5, 5.41) is 10.5. The second-order valence-corrected chi connectivity index (χ2v) is 9.26. The Kier molecular flexibility index (Phi) is 7.20. The lowest BCUT2D eigenvalue weighted by Gasteiger charge is -2.32. The topological polar surface area (TPSA) is 96.6 Å². The van der Waals surface area contributed by atoms with E-state index in [4.69, 9.17) is 4.74 Å². The number of aryl methyl sites for hydroxylation is 1. The van der Waals surface area contributed by atoms with Crippen LogP contribution in [-0.2, 0) is 6.42 Å². The Labute approximate surface area is 216 Å². The van der Waals surface area contributed by atoms with Crippen molar-refractivity contribution in [2.75, 3.05) is 29.4 Å². The van der Waals surface area contributed by atoms with Gasteiger partial charge in [-0.1, -0.05) is 13.8 Å². The van der Waals surface area contributed by atoms with Crippen molar-refractivity contribution in [1.29, 1.82) is 0 Å². The number of amides is 1. The van der Waals surface area contributed by atoms with E-state index in [2.05, 4.69) is 26.8 Å². The molecule has 192 valence electrons. The molecule has 1 saturated heterocycles. The molecule has 1 aromatic carbocycles. The van der Waals surface area contributed by atoms with Crippen molar-refractivity contribution < 1.29 is 14.6 Å². The molecule has 0 saturated carbocycles. The third-order valence-electron chi connectivity index (χ3n) is 6.76. The summed E-state index contributed by atoms with van der Waals surface area (Å²) in [7, 11) is 0. The Bertz CT molecular complexity index is 1340. The number of hydrogen-bond acceptors (Lipinski definition) is 6. The smallest absolute Gasteiger partial charge is 0.411 e. The molecule has 3 aromatic heterocycles. The molecule has 1 fully saturated rings. The molecule has 4 heterocycles. The molecule has 0 aliphatic carbocycles. The maximum absolute atomic E-state index is 11.6. The first-order valence-corrected chi connectivity index (χ1v) is 12.9. The Morgan fingerprint density at radius 2 is 1.84 bits per heavy atom. The zero-order valence-electron chi connectivity index (χ0n) is 21.2. The van der Waals surface area contributed by atoms with Crippen LogP contribution < -0.4 is 14.5 Å². The lowest BCUT2D eigenvalue weighted by Crippen LogP contribution is -2.39. The summed E-state index contributed by atoms with van der Waals surface area (Å²) < 4.78 is 8.22. The number of piperidine rings is 1. The van der Waals surface area contributed by atoms with Gasteiger partial charge in [-0.2, -0.15) is 0 Å². The fourth-order valence-electron chi connectivity index (χ4n) is 4.70. The van der Waals surface area contributed by atoms with Gasteiger partial charge in [-0.3, -0.25) is 4.90 Å². The minimum absolute atomic E-state index is 0.130. The van der Waals surface area contributed by atoms with Gasteiger partial charge in [0, 0.05) is 62.1 Å². The zero-order chi connectivity index (χ0) is 25.8. The Morgan fingerprint density at radius 3 is 2.49 bits per heavy atom. The van der Waals surface area contributed by atoms with Gasteiger partial charge in [-0.25, -0.2) is 19.7 Å². The number of aromatic nitrogens is 4. The number of carboxylic acid groups (broad SMARTS) is 1. The summed E-state index contributed by atoms with van der Waals surface area (Å²) in [6.07, 6.45) is 10.2. The van der Waals surface area contributed by atoms with E-state index in [1.807, 2.05) is 66.5 Å². The summed E-state index contributed by atoms with van der Waals surface area (Å²) in [4.78, 5) is 28.8. The standard InChI is InChI=1S/C28H32N6O3/c1-3-12-33(28(35)36)22-5-7-25-21(16-22)9-15-34(25)26-8-6-24(19-29-26)37-23-10-13-32(14-11-23)27-30-17-20(4-2)18-31-27/h5-9,15-19,23H,3-4,10-14H2,1-2H3,(H,35,36). The summed E-state index contributed by atoms with van der Waals surface area (Å²) >= 11 is 0. The quantitative estimate of drug-likeness (QED) is 0.350. The average molecular weight is 501 g/mol. The third-order valence-corrected chi connectivity index (χ3v) is 6.76. The molecule has 0 atom stereocenters. The van der Waals surface area contributed by atoms with E-state index in [-0.39, 0.29) is 6.10 Å². The van der Waals surface area contributed by atoms with Crippen LogP contribution in [0.3, 0.4) is 0 Å². The van der Waals surface area contributed by atoms with Crippen molar-refractivity contribution in [3.05, 3.63) is 66.7 Å². The molecule has 1 N–H and O–H groups in total. The molecule has 0 bridgehead atoms. The van der Waals surface area contributed by atoms with Crippen molar-refractivity contribution in [3.8, 4) is 11.6 Å². The van der Waals surface area contributed by atoms with E-state index in [0.29, 0.717) is 12.2 Å². The van der Waals surface area contributed by atoms with Crippen LogP contribution in [0.1, 0.15) is 38.7 Å². The Hall–Kier alpha value is -4.14. The number of rotatable bonds is 8. The summed E-state index contributed by atoms with van der Waals surface area (Å²) in [6.45, 7) is 6.24. The molecular formula is C28H32N6O3. The van der Waals surface area contributed by atoms with Crippen molar-refractivity contribution >= 4 is 28.6 Å². The van der Waals surface area contributed by atoms with Crippen molar-refractivity contribution in [2.45, 2.75) is 45.6 Å². The number of nitrogens with zero attached hydrogens (tertiary/aromatic N) is 6. The van der Waals surface area contributed by atoms with E-state index in [0.717, 1.165) is 72.8 Å². The van der Waals surface area contributed by atoms with E-state index >= 15 is 0 Å². The molecule has 0 unspecified atom stereocenters. The van der Waals surface area contributed by atoms with Crippen LogP contribution in [-0.4, -0.2) is 56.5 Å². The van der Waals surface area contributed by atoms with E-state index in [1.54, 1.807) is 6.20 Å². The average Bonchev–Trinajstić information content (AvgIpc) is 3.36. The number of carbonyl (C=O) groups is 1. The molecule has 1 aliphatic rings. The zero-order valence-corrected chi connectivity index (χ0v) is 21.2. The lowest BCUT2D eigenvalue weighted by atomic mass is 10.1. The van der Waals surface area contributed by atoms with Crippen LogP contribution in [0.5, 0.6) is 5.75 Å². The highest BCUT2D eigenvalue weighted by molar-refractivity contribution is 5.91. The second-order valence-electron chi connectivity index (χ2n) is 9.26. The monoisotopic (exact) mass is 500 g/mol. The fraction of sp³-hybridized carbons (Fsp3) is 0.357. The molecule has 0 spiro atoms. The number of fused-ring (bicyclic) bond motifs is 1. The van der Waals surface area contributed by atoms with Crippen LogP contribution >= 0.6 is 0 Å². The Balaban J connectivity index is 1.22. The van der Waals surface area contributed by atoms with Gasteiger partial charge in [0.15, 0.2) is 0 Å². The molecular weight excluding hydrogens is 468 g/mol. The van der Waals surface area contributed by atoms with E-state index in [9.17, 15) is 9.90 Å². The van der Waals surface area contributed by atoms with Crippen molar-refractivity contribution in [3.63, 3.8) is 0 Å². The van der Waals surface area contributed by atoms with Crippen LogP contribution in [0, 0.1) is 0 Å². The van der Waals surface area contributed by atoms with Gasteiger partial charge < -0.3 is 19.3 Å². The minimum Gasteiger partial charge on any atom is -0.489 e. The maximum Gasteiger partial charge on any atom is 0.411 e. The molecule has 4 aromatic rings. The van der Waals surface area contributed by atoms with Gasteiger partial charge in [0.1, 0.15) is 17.7 Å². The van der Waals surface area contributed by atoms with Gasteiger partial charge in [-0.05, 0) is 54.8 Å². The molecule has 0 radical (unpaired) electrons. The normalized spacial score (nSPS) is 14.2. The van der Waals surface area contributed by atoms with Gasteiger partial charge in [0.2, 0.25) is 5.95 Å². The van der Waals surface area contributed by atoms with Crippen LogP contribution in [0.4, 0.5) is 16.4 Å². The van der Waals surface area contributed by atoms with Crippen molar-refractivity contribution in [2.24, 2.45) is 0 Å². The first kappa shape index (κ1) is 24.5. The van der Waals surface area contributed by atoms with E-state index in [1.165, 1.54) is 4.90 Å². The predicted molar refractivity (Wildman–Crippen MR) is 144 cm³/mol. The molecule has 9 nitrogen and oxygen atoms in total. The number of ether oxygens (including phenoxy) is 1.